The fourth-order valence-corrected chi connectivity index (χ4v) is 3.76. The molecule has 31 heavy (non-hydrogen) atoms. The Morgan fingerprint density at radius 2 is 1.77 bits per heavy atom. The van der Waals surface area contributed by atoms with Crippen LogP contribution in [0.15, 0.2) is 24.3 Å². The van der Waals surface area contributed by atoms with Gasteiger partial charge in [-0.3, -0.25) is 14.4 Å². The molecule has 0 saturated carbocycles. The van der Waals surface area contributed by atoms with E-state index in [9.17, 15) is 14.4 Å². The van der Waals surface area contributed by atoms with E-state index in [0.717, 1.165) is 0 Å². The monoisotopic (exact) mass is 431 g/mol. The summed E-state index contributed by atoms with van der Waals surface area (Å²) < 4.78 is 5.20. The molecule has 2 N–H and O–H groups in total. The first-order valence-corrected chi connectivity index (χ1v) is 11.2. The molecule has 0 aliphatic carbocycles. The van der Waals surface area contributed by atoms with Crippen LogP contribution < -0.4 is 15.4 Å². The Morgan fingerprint density at radius 1 is 1.10 bits per heavy atom. The summed E-state index contributed by atoms with van der Waals surface area (Å²) in [5, 5.41) is 5.90. The van der Waals surface area contributed by atoms with Crippen molar-refractivity contribution in [2.75, 3.05) is 26.7 Å². The number of benzene rings is 1. The van der Waals surface area contributed by atoms with Crippen molar-refractivity contribution in [1.29, 1.82) is 0 Å². The number of carbonyl (C=O) groups is 3. The molecule has 1 atom stereocenters. The van der Waals surface area contributed by atoms with E-state index in [1.54, 1.807) is 31.4 Å². The molecule has 1 fully saturated rings. The highest BCUT2D eigenvalue weighted by Gasteiger charge is 2.34. The summed E-state index contributed by atoms with van der Waals surface area (Å²) in [5.74, 6) is 0.889. The molecule has 3 amide bonds. The molecule has 172 valence electrons. The van der Waals surface area contributed by atoms with Crippen molar-refractivity contribution in [2.45, 2.75) is 53.0 Å². The molecule has 1 aromatic rings. The van der Waals surface area contributed by atoms with Crippen LogP contribution in [0.25, 0.3) is 0 Å². The maximum Gasteiger partial charge on any atom is 0.252 e. The van der Waals surface area contributed by atoms with E-state index in [-0.39, 0.29) is 23.6 Å². The third-order valence-corrected chi connectivity index (χ3v) is 5.53. The highest BCUT2D eigenvalue weighted by molar-refractivity contribution is 5.98. The maximum atomic E-state index is 13.0. The smallest absolute Gasteiger partial charge is 0.252 e. The number of carbonyl (C=O) groups excluding carboxylic acids is 3. The van der Waals surface area contributed by atoms with Crippen LogP contribution in [0.4, 0.5) is 0 Å². The first-order chi connectivity index (χ1) is 14.7. The third kappa shape index (κ3) is 7.56. The lowest BCUT2D eigenvalue weighted by Crippen LogP contribution is -2.54. The lowest BCUT2D eigenvalue weighted by atomic mass is 9.88. The summed E-state index contributed by atoms with van der Waals surface area (Å²) >= 11 is 0. The van der Waals surface area contributed by atoms with Gasteiger partial charge in [0.1, 0.15) is 11.8 Å². The van der Waals surface area contributed by atoms with E-state index in [1.165, 1.54) is 0 Å². The Kier molecular flexibility index (Phi) is 9.34. The van der Waals surface area contributed by atoms with Gasteiger partial charge in [0, 0.05) is 31.6 Å². The molecule has 1 saturated heterocycles. The number of likely N-dealkylation sites (tertiary alicyclic amines) is 1. The fourth-order valence-electron chi connectivity index (χ4n) is 3.76. The van der Waals surface area contributed by atoms with Gasteiger partial charge in [0.2, 0.25) is 11.8 Å². The Labute approximate surface area is 185 Å². The summed E-state index contributed by atoms with van der Waals surface area (Å²) in [4.78, 5) is 40.1. The molecule has 0 aromatic heterocycles. The second kappa shape index (κ2) is 11.7. The molecule has 7 nitrogen and oxygen atoms in total. The average Bonchev–Trinajstić information content (AvgIpc) is 2.75. The van der Waals surface area contributed by atoms with Gasteiger partial charge in [0.25, 0.3) is 5.91 Å². The first kappa shape index (κ1) is 24.7. The molecule has 2 rings (SSSR count). The normalized spacial score (nSPS) is 15.6. The zero-order valence-corrected chi connectivity index (χ0v) is 19.4. The molecule has 0 bridgehead atoms. The second-order valence-corrected chi connectivity index (χ2v) is 9.14. The van der Waals surface area contributed by atoms with Gasteiger partial charge in [-0.1, -0.05) is 33.8 Å². The zero-order chi connectivity index (χ0) is 23.0. The number of piperidine rings is 1. The minimum atomic E-state index is -0.639. The van der Waals surface area contributed by atoms with E-state index in [1.807, 2.05) is 32.6 Å². The number of methoxy groups -OCH3 is 1. The summed E-state index contributed by atoms with van der Waals surface area (Å²) in [7, 11) is 1.55. The Balaban J connectivity index is 2.09. The minimum absolute atomic E-state index is 0.0233. The van der Waals surface area contributed by atoms with Crippen molar-refractivity contribution < 1.29 is 19.1 Å². The molecule has 1 heterocycles. The minimum Gasteiger partial charge on any atom is -0.497 e. The van der Waals surface area contributed by atoms with Gasteiger partial charge in [-0.2, -0.15) is 0 Å². The predicted octanol–water partition coefficient (Wildman–Crippen LogP) is 2.85. The van der Waals surface area contributed by atoms with Crippen LogP contribution in [-0.2, 0) is 9.59 Å². The number of ether oxygens (including phenoxy) is 1. The van der Waals surface area contributed by atoms with Gasteiger partial charge < -0.3 is 20.3 Å². The van der Waals surface area contributed by atoms with E-state index in [2.05, 4.69) is 10.6 Å². The van der Waals surface area contributed by atoms with Crippen molar-refractivity contribution in [3.8, 4) is 5.75 Å². The van der Waals surface area contributed by atoms with E-state index in [0.29, 0.717) is 62.0 Å². The van der Waals surface area contributed by atoms with Crippen LogP contribution in [0.5, 0.6) is 5.75 Å². The molecule has 1 aliphatic heterocycles. The Morgan fingerprint density at radius 3 is 2.35 bits per heavy atom. The summed E-state index contributed by atoms with van der Waals surface area (Å²) in [6.45, 7) is 9.90. The number of hydrogen-bond donors (Lipinski definition) is 2. The third-order valence-electron chi connectivity index (χ3n) is 5.53. The van der Waals surface area contributed by atoms with Crippen molar-refractivity contribution in [1.82, 2.24) is 15.5 Å². The van der Waals surface area contributed by atoms with Gasteiger partial charge >= 0.3 is 0 Å². The molecule has 1 aromatic carbocycles. The van der Waals surface area contributed by atoms with Crippen LogP contribution >= 0.6 is 0 Å². The number of nitrogens with zero attached hydrogens (tertiary/aromatic N) is 1. The van der Waals surface area contributed by atoms with Gasteiger partial charge in [-0.25, -0.2) is 0 Å². The first-order valence-electron chi connectivity index (χ1n) is 11.2. The average molecular weight is 432 g/mol. The van der Waals surface area contributed by atoms with Gasteiger partial charge in [-0.15, -0.1) is 0 Å². The Bertz CT molecular complexity index is 755. The topological polar surface area (TPSA) is 87.7 Å². The van der Waals surface area contributed by atoms with Crippen molar-refractivity contribution >= 4 is 17.7 Å². The van der Waals surface area contributed by atoms with Crippen LogP contribution in [0.3, 0.4) is 0 Å². The highest BCUT2D eigenvalue weighted by Crippen LogP contribution is 2.23. The summed E-state index contributed by atoms with van der Waals surface area (Å²) in [6.07, 6.45) is 1.90. The predicted molar refractivity (Wildman–Crippen MR) is 121 cm³/mol. The van der Waals surface area contributed by atoms with Crippen molar-refractivity contribution in [3.05, 3.63) is 29.8 Å². The van der Waals surface area contributed by atoms with Crippen LogP contribution in [0.1, 0.15) is 57.3 Å². The van der Waals surface area contributed by atoms with Gasteiger partial charge in [0.05, 0.1) is 7.11 Å². The number of rotatable bonds is 9. The molecule has 7 heteroatoms. The SMILES string of the molecule is COc1cccc(C(=O)N[C@H](C(=O)NCC(C)C)C2CCN(C(=O)CC(C)C)CC2)c1. The Hall–Kier alpha value is -2.57. The summed E-state index contributed by atoms with van der Waals surface area (Å²) in [5.41, 5.74) is 0.450. The van der Waals surface area contributed by atoms with Crippen LogP contribution in [0.2, 0.25) is 0 Å². The molecule has 0 spiro atoms. The van der Waals surface area contributed by atoms with Crippen LogP contribution in [0, 0.1) is 17.8 Å². The number of hydrogen-bond acceptors (Lipinski definition) is 4. The second-order valence-electron chi connectivity index (χ2n) is 9.14. The number of nitrogens with one attached hydrogen (secondary N) is 2. The molecule has 0 unspecified atom stereocenters. The van der Waals surface area contributed by atoms with Crippen molar-refractivity contribution in [3.63, 3.8) is 0 Å². The van der Waals surface area contributed by atoms with Crippen LogP contribution in [-0.4, -0.2) is 55.4 Å². The molecular formula is C24H37N3O4. The molecule has 0 radical (unpaired) electrons. The molecular weight excluding hydrogens is 394 g/mol. The van der Waals surface area contributed by atoms with Gasteiger partial charge in [-0.05, 0) is 48.8 Å². The standard InChI is InChI=1S/C24H37N3O4/c1-16(2)13-21(28)27-11-9-18(10-12-27)22(24(30)25-15-17(3)4)26-23(29)19-7-6-8-20(14-19)31-5/h6-8,14,16-18,22H,9-13,15H2,1-5H3,(H,25,30)(H,26,29)/t22-/m0/s1. The largest absolute Gasteiger partial charge is 0.497 e. The highest BCUT2D eigenvalue weighted by atomic mass is 16.5. The fraction of sp³-hybridized carbons (Fsp3) is 0.625. The number of amides is 3. The van der Waals surface area contributed by atoms with Gasteiger partial charge in [0.15, 0.2) is 0 Å². The summed E-state index contributed by atoms with van der Waals surface area (Å²) in [6, 6.07) is 6.24. The lowest BCUT2D eigenvalue weighted by Gasteiger charge is -2.36. The van der Waals surface area contributed by atoms with E-state index >= 15 is 0 Å². The lowest BCUT2D eigenvalue weighted by molar-refractivity contribution is -0.133. The maximum absolute atomic E-state index is 13.0. The van der Waals surface area contributed by atoms with E-state index < -0.39 is 6.04 Å². The molecule has 1 aliphatic rings. The van der Waals surface area contributed by atoms with E-state index in [4.69, 9.17) is 4.74 Å². The quantitative estimate of drug-likeness (QED) is 0.629. The van der Waals surface area contributed by atoms with Crippen molar-refractivity contribution in [2.24, 2.45) is 17.8 Å². The zero-order valence-electron chi connectivity index (χ0n) is 19.4.